The molecule has 1 fully saturated rings. The minimum atomic E-state index is -1.01. The van der Waals surface area contributed by atoms with E-state index in [0.717, 1.165) is 11.3 Å². The quantitative estimate of drug-likeness (QED) is 0.711. The molecule has 1 heterocycles. The van der Waals surface area contributed by atoms with Crippen molar-refractivity contribution in [1.82, 2.24) is 4.90 Å². The number of carboxylic acid groups (broad SMARTS) is 1. The normalized spacial score (nSPS) is 15.0. The maximum absolute atomic E-state index is 13.1. The van der Waals surface area contributed by atoms with Crippen molar-refractivity contribution in [1.29, 1.82) is 0 Å². The average Bonchev–Trinajstić information content (AvgIpc) is 2.77. The molecule has 0 aliphatic carbocycles. The maximum Gasteiger partial charge on any atom is 0.333 e. The Morgan fingerprint density at radius 2 is 1.67 bits per heavy atom. The van der Waals surface area contributed by atoms with E-state index in [0.29, 0.717) is 31.9 Å². The molecule has 30 heavy (non-hydrogen) atoms. The molecule has 0 aromatic heterocycles. The van der Waals surface area contributed by atoms with Gasteiger partial charge in [-0.25, -0.2) is 9.18 Å². The lowest BCUT2D eigenvalue weighted by molar-refractivity contribution is -0.148. The Bertz CT molecular complexity index is 849. The molecule has 2 aromatic rings. The minimum Gasteiger partial charge on any atom is -0.484 e. The second-order valence-electron chi connectivity index (χ2n) is 7.04. The van der Waals surface area contributed by atoms with Gasteiger partial charge in [0.15, 0.2) is 12.7 Å². The number of halogens is 1. The number of ether oxygens (including phenoxy) is 2. The predicted octanol–water partition coefficient (Wildman–Crippen LogP) is 2.20. The standard InChI is InChI=1S/C22H25FN2O5/c1-29-20(22(27)28)14-16-2-8-19(9-3-16)30-15-21(26)25-12-10-24(11-13-25)18-6-4-17(23)5-7-18/h2-9,20H,10-15H2,1H3,(H,27,28). The van der Waals surface area contributed by atoms with Gasteiger partial charge >= 0.3 is 5.97 Å². The molecule has 1 aliphatic heterocycles. The molecule has 1 amide bonds. The van der Waals surface area contributed by atoms with Crippen LogP contribution in [0.3, 0.4) is 0 Å². The van der Waals surface area contributed by atoms with Gasteiger partial charge in [0.05, 0.1) is 0 Å². The predicted molar refractivity (Wildman–Crippen MR) is 109 cm³/mol. The lowest BCUT2D eigenvalue weighted by atomic mass is 10.1. The number of hydrogen-bond acceptors (Lipinski definition) is 5. The highest BCUT2D eigenvalue weighted by atomic mass is 19.1. The minimum absolute atomic E-state index is 0.0638. The molecule has 8 heteroatoms. The third kappa shape index (κ3) is 5.70. The van der Waals surface area contributed by atoms with E-state index in [4.69, 9.17) is 14.6 Å². The Labute approximate surface area is 174 Å². The van der Waals surface area contributed by atoms with Crippen molar-refractivity contribution in [3.05, 3.63) is 59.9 Å². The largest absolute Gasteiger partial charge is 0.484 e. The van der Waals surface area contributed by atoms with E-state index in [1.807, 2.05) is 0 Å². The Morgan fingerprint density at radius 1 is 1.03 bits per heavy atom. The maximum atomic E-state index is 13.1. The van der Waals surface area contributed by atoms with Crippen LogP contribution in [0.1, 0.15) is 5.56 Å². The van der Waals surface area contributed by atoms with Gasteiger partial charge in [0.25, 0.3) is 5.91 Å². The van der Waals surface area contributed by atoms with Crippen LogP contribution in [-0.4, -0.2) is 67.9 Å². The van der Waals surface area contributed by atoms with Crippen LogP contribution in [0.25, 0.3) is 0 Å². The lowest BCUT2D eigenvalue weighted by Crippen LogP contribution is -2.50. The molecule has 1 atom stereocenters. The first-order valence-corrected chi connectivity index (χ1v) is 9.72. The number of rotatable bonds is 8. The van der Waals surface area contributed by atoms with Crippen molar-refractivity contribution in [2.45, 2.75) is 12.5 Å². The van der Waals surface area contributed by atoms with Crippen LogP contribution in [0.2, 0.25) is 0 Å². The Balaban J connectivity index is 1.44. The number of hydrogen-bond donors (Lipinski definition) is 1. The summed E-state index contributed by atoms with van der Waals surface area (Å²) in [4.78, 5) is 27.3. The van der Waals surface area contributed by atoms with Crippen molar-refractivity contribution in [2.75, 3.05) is 44.8 Å². The number of benzene rings is 2. The van der Waals surface area contributed by atoms with Gasteiger partial charge < -0.3 is 24.4 Å². The van der Waals surface area contributed by atoms with E-state index >= 15 is 0 Å². The first-order chi connectivity index (χ1) is 14.5. The molecule has 1 aliphatic rings. The van der Waals surface area contributed by atoms with E-state index in [1.54, 1.807) is 41.3 Å². The summed E-state index contributed by atoms with van der Waals surface area (Å²) in [6, 6.07) is 13.3. The Hall–Kier alpha value is -3.13. The smallest absolute Gasteiger partial charge is 0.333 e. The molecule has 0 bridgehead atoms. The molecule has 0 saturated carbocycles. The summed E-state index contributed by atoms with van der Waals surface area (Å²) in [6.45, 7) is 2.44. The third-order valence-corrected chi connectivity index (χ3v) is 5.09. The van der Waals surface area contributed by atoms with Crippen LogP contribution in [0.5, 0.6) is 5.75 Å². The fraction of sp³-hybridized carbons (Fsp3) is 0.364. The van der Waals surface area contributed by atoms with Crippen molar-refractivity contribution in [3.8, 4) is 5.75 Å². The SMILES string of the molecule is COC(Cc1ccc(OCC(=O)N2CCN(c3ccc(F)cc3)CC2)cc1)C(=O)O. The van der Waals surface area contributed by atoms with Crippen LogP contribution < -0.4 is 9.64 Å². The summed E-state index contributed by atoms with van der Waals surface area (Å²) < 4.78 is 23.6. The molecule has 2 aromatic carbocycles. The van der Waals surface area contributed by atoms with Crippen LogP contribution in [-0.2, 0) is 20.7 Å². The van der Waals surface area contributed by atoms with Gasteiger partial charge in [-0.15, -0.1) is 0 Å². The zero-order valence-corrected chi connectivity index (χ0v) is 16.8. The van der Waals surface area contributed by atoms with E-state index < -0.39 is 12.1 Å². The first-order valence-electron chi connectivity index (χ1n) is 9.72. The van der Waals surface area contributed by atoms with Gasteiger partial charge in [0.2, 0.25) is 0 Å². The summed E-state index contributed by atoms with van der Waals surface area (Å²) in [5.41, 5.74) is 1.75. The molecule has 3 rings (SSSR count). The number of carboxylic acids is 1. The Kier molecular flexibility index (Phi) is 7.24. The molecule has 1 N–H and O–H groups in total. The van der Waals surface area contributed by atoms with E-state index in [1.165, 1.54) is 19.2 Å². The summed E-state index contributed by atoms with van der Waals surface area (Å²) >= 11 is 0. The van der Waals surface area contributed by atoms with E-state index in [2.05, 4.69) is 4.90 Å². The Morgan fingerprint density at radius 3 is 2.23 bits per heavy atom. The molecule has 160 valence electrons. The number of carbonyl (C=O) groups excluding carboxylic acids is 1. The third-order valence-electron chi connectivity index (χ3n) is 5.09. The van der Waals surface area contributed by atoms with Gasteiger partial charge in [-0.2, -0.15) is 0 Å². The number of anilines is 1. The number of aliphatic carboxylic acids is 1. The monoisotopic (exact) mass is 416 g/mol. The van der Waals surface area contributed by atoms with E-state index in [9.17, 15) is 14.0 Å². The number of methoxy groups -OCH3 is 1. The zero-order chi connectivity index (χ0) is 21.5. The second-order valence-corrected chi connectivity index (χ2v) is 7.04. The number of carbonyl (C=O) groups is 2. The molecular formula is C22H25FN2O5. The molecule has 1 saturated heterocycles. The van der Waals surface area contributed by atoms with E-state index in [-0.39, 0.29) is 24.8 Å². The fourth-order valence-corrected chi connectivity index (χ4v) is 3.31. The van der Waals surface area contributed by atoms with Gasteiger partial charge in [-0.1, -0.05) is 12.1 Å². The fourth-order valence-electron chi connectivity index (χ4n) is 3.31. The van der Waals surface area contributed by atoms with Crippen molar-refractivity contribution in [2.24, 2.45) is 0 Å². The van der Waals surface area contributed by atoms with Gasteiger partial charge in [0.1, 0.15) is 11.6 Å². The first kappa shape index (κ1) is 21.6. The van der Waals surface area contributed by atoms with Gasteiger partial charge in [-0.3, -0.25) is 4.79 Å². The highest BCUT2D eigenvalue weighted by Gasteiger charge is 2.22. The molecule has 0 spiro atoms. The summed E-state index contributed by atoms with van der Waals surface area (Å²) in [7, 11) is 1.36. The zero-order valence-electron chi connectivity index (χ0n) is 16.8. The number of nitrogens with zero attached hydrogens (tertiary/aromatic N) is 2. The molecular weight excluding hydrogens is 391 g/mol. The van der Waals surface area contributed by atoms with Gasteiger partial charge in [-0.05, 0) is 42.0 Å². The lowest BCUT2D eigenvalue weighted by Gasteiger charge is -2.36. The molecule has 0 radical (unpaired) electrons. The average molecular weight is 416 g/mol. The van der Waals surface area contributed by atoms with Crippen LogP contribution in [0.4, 0.5) is 10.1 Å². The highest BCUT2D eigenvalue weighted by Crippen LogP contribution is 2.18. The van der Waals surface area contributed by atoms with Crippen molar-refractivity contribution >= 4 is 17.6 Å². The number of piperazine rings is 1. The van der Waals surface area contributed by atoms with Crippen LogP contribution in [0, 0.1) is 5.82 Å². The summed E-state index contributed by atoms with van der Waals surface area (Å²) in [5.74, 6) is -0.828. The van der Waals surface area contributed by atoms with Crippen molar-refractivity contribution < 1.29 is 28.6 Å². The number of amides is 1. The summed E-state index contributed by atoms with van der Waals surface area (Å²) in [6.07, 6.45) is -0.643. The van der Waals surface area contributed by atoms with Crippen molar-refractivity contribution in [3.63, 3.8) is 0 Å². The highest BCUT2D eigenvalue weighted by molar-refractivity contribution is 5.78. The topological polar surface area (TPSA) is 79.3 Å². The van der Waals surface area contributed by atoms with Gasteiger partial charge in [0, 0.05) is 45.4 Å². The second kappa shape index (κ2) is 10.1. The molecule has 7 nitrogen and oxygen atoms in total. The summed E-state index contributed by atoms with van der Waals surface area (Å²) in [5, 5.41) is 9.04. The van der Waals surface area contributed by atoms with Crippen LogP contribution in [0.15, 0.2) is 48.5 Å². The molecule has 1 unspecified atom stereocenters. The van der Waals surface area contributed by atoms with Crippen LogP contribution >= 0.6 is 0 Å².